The molecule has 1 aromatic heterocycles. The fourth-order valence-corrected chi connectivity index (χ4v) is 2.34. The van der Waals surface area contributed by atoms with Gasteiger partial charge in [0.1, 0.15) is 17.1 Å². The first-order chi connectivity index (χ1) is 10.9. The Morgan fingerprint density at radius 3 is 2.52 bits per heavy atom. The summed E-state index contributed by atoms with van der Waals surface area (Å²) in [6, 6.07) is 5.07. The fourth-order valence-electron chi connectivity index (χ4n) is 2.34. The number of phenols is 1. The summed E-state index contributed by atoms with van der Waals surface area (Å²) in [5.41, 5.74) is 2.08. The van der Waals surface area contributed by atoms with Gasteiger partial charge < -0.3 is 14.6 Å². The zero-order valence-electron chi connectivity index (χ0n) is 14.0. The van der Waals surface area contributed by atoms with Gasteiger partial charge in [-0.15, -0.1) is 0 Å². The van der Waals surface area contributed by atoms with E-state index in [9.17, 15) is 9.90 Å². The smallest absolute Gasteiger partial charge is 0.498 e. The van der Waals surface area contributed by atoms with Gasteiger partial charge in [-0.25, -0.2) is 0 Å². The Hall–Kier alpha value is -2.76. The van der Waals surface area contributed by atoms with Crippen LogP contribution in [0.4, 0.5) is 0 Å². The first kappa shape index (κ1) is 16.6. The highest BCUT2D eigenvalue weighted by Crippen LogP contribution is 2.37. The maximum absolute atomic E-state index is 12.1. The van der Waals surface area contributed by atoms with Crippen molar-refractivity contribution in [1.82, 2.24) is 4.57 Å². The Balaban J connectivity index is 2.58. The van der Waals surface area contributed by atoms with E-state index in [4.69, 9.17) is 9.47 Å². The van der Waals surface area contributed by atoms with E-state index in [-0.39, 0.29) is 11.4 Å². The number of nitrogens with zero attached hydrogens (tertiary/aromatic N) is 2. The molecule has 6 heteroatoms. The number of hydrogen-bond acceptors (Lipinski definition) is 4. The Kier molecular flexibility index (Phi) is 4.74. The summed E-state index contributed by atoms with van der Waals surface area (Å²) in [5.74, 6) is 0.917. The predicted molar refractivity (Wildman–Crippen MR) is 87.7 cm³/mol. The molecule has 122 valence electrons. The van der Waals surface area contributed by atoms with Gasteiger partial charge in [0.2, 0.25) is 0 Å². The van der Waals surface area contributed by atoms with Crippen molar-refractivity contribution in [2.75, 3.05) is 14.2 Å². The zero-order valence-corrected chi connectivity index (χ0v) is 14.0. The quantitative estimate of drug-likeness (QED) is 0.866. The van der Waals surface area contributed by atoms with Crippen LogP contribution in [0.25, 0.3) is 12.2 Å². The molecule has 6 nitrogen and oxygen atoms in total. The first-order valence-corrected chi connectivity index (χ1v) is 7.09. The van der Waals surface area contributed by atoms with Gasteiger partial charge in [-0.05, 0) is 31.2 Å². The van der Waals surface area contributed by atoms with Crippen molar-refractivity contribution in [2.45, 2.75) is 6.92 Å². The van der Waals surface area contributed by atoms with Gasteiger partial charge in [-0.2, -0.15) is 13.9 Å². The van der Waals surface area contributed by atoms with Crippen molar-refractivity contribution < 1.29 is 19.1 Å². The van der Waals surface area contributed by atoms with Gasteiger partial charge in [0.05, 0.1) is 33.9 Å². The van der Waals surface area contributed by atoms with E-state index in [1.807, 2.05) is 13.0 Å². The largest absolute Gasteiger partial charge is 0.504 e. The molecule has 23 heavy (non-hydrogen) atoms. The second-order valence-corrected chi connectivity index (χ2v) is 5.18. The van der Waals surface area contributed by atoms with Crippen LogP contribution in [0.2, 0.25) is 0 Å². The number of hydrogen-bond donors (Lipinski definition) is 1. The maximum Gasteiger partial charge on any atom is 0.498 e. The molecule has 2 aromatic rings. The van der Waals surface area contributed by atoms with Crippen LogP contribution >= 0.6 is 0 Å². The Labute approximate surface area is 134 Å². The van der Waals surface area contributed by atoms with Gasteiger partial charge in [0, 0.05) is 6.07 Å². The van der Waals surface area contributed by atoms with Crippen molar-refractivity contribution in [2.24, 2.45) is 14.1 Å². The van der Waals surface area contributed by atoms with Crippen LogP contribution < -0.4 is 19.7 Å². The Bertz CT molecular complexity index is 822. The van der Waals surface area contributed by atoms with Gasteiger partial charge in [0.25, 0.3) is 0 Å². The molecule has 0 amide bonds. The third kappa shape index (κ3) is 3.06. The van der Waals surface area contributed by atoms with Crippen LogP contribution in [-0.2, 0) is 14.1 Å². The molecule has 1 heterocycles. The molecule has 0 bridgehead atoms. The molecule has 0 fully saturated rings. The van der Waals surface area contributed by atoms with E-state index in [2.05, 4.69) is 0 Å². The Morgan fingerprint density at radius 1 is 1.22 bits per heavy atom. The Morgan fingerprint density at radius 2 is 1.91 bits per heavy atom. The first-order valence-electron chi connectivity index (χ1n) is 7.09. The van der Waals surface area contributed by atoms with Gasteiger partial charge >= 0.3 is 5.69 Å². The molecule has 1 N–H and O–H groups in total. The maximum atomic E-state index is 12.1. The third-order valence-corrected chi connectivity index (χ3v) is 3.83. The van der Waals surface area contributed by atoms with E-state index in [1.54, 1.807) is 48.6 Å². The number of phenolic OH excluding ortho intramolecular Hbond substituents is 1. The summed E-state index contributed by atoms with van der Waals surface area (Å²) in [7, 11) is 6.46. The third-order valence-electron chi connectivity index (χ3n) is 3.83. The van der Waals surface area contributed by atoms with Crippen LogP contribution in [0.15, 0.2) is 23.0 Å². The van der Waals surface area contributed by atoms with Crippen LogP contribution in [-0.4, -0.2) is 23.9 Å². The van der Waals surface area contributed by atoms with Crippen molar-refractivity contribution in [3.8, 4) is 17.2 Å². The molecule has 1 aromatic carbocycles. The molecule has 2 rings (SSSR count). The molecule has 0 radical (unpaired) electrons. The van der Waals surface area contributed by atoms with Crippen molar-refractivity contribution in [3.05, 3.63) is 45.6 Å². The molecule has 0 aliphatic heterocycles. The lowest BCUT2D eigenvalue weighted by Crippen LogP contribution is -2.53. The topological polar surface area (TPSA) is 64.6 Å². The minimum atomic E-state index is -0.112. The molecule has 0 atom stereocenters. The molecule has 0 saturated carbocycles. The minimum absolute atomic E-state index is 0.0254. The summed E-state index contributed by atoms with van der Waals surface area (Å²) in [5, 5.41) is 9.91. The van der Waals surface area contributed by atoms with Crippen LogP contribution in [0, 0.1) is 6.92 Å². The molecule has 0 spiro atoms. The second kappa shape index (κ2) is 6.56. The molecular formula is C17H21N2O4+. The standard InChI is InChI=1S/C17H20N2O4/c1-11-10-12(19(3)17(21)18(11)2)6-7-13-15(22-4)9-8-14(20)16(13)23-5/h6-10H,1-5H3/p+1/b7-6+. The lowest BCUT2D eigenvalue weighted by atomic mass is 10.1. The molecule has 0 aliphatic carbocycles. The summed E-state index contributed by atoms with van der Waals surface area (Å²) in [6.07, 6.45) is 3.54. The lowest BCUT2D eigenvalue weighted by Gasteiger charge is -2.11. The average Bonchev–Trinajstić information content (AvgIpc) is 2.55. The van der Waals surface area contributed by atoms with Gasteiger partial charge in [0.15, 0.2) is 11.5 Å². The zero-order chi connectivity index (χ0) is 17.1. The van der Waals surface area contributed by atoms with Crippen LogP contribution in [0.1, 0.15) is 17.0 Å². The van der Waals surface area contributed by atoms with Gasteiger partial charge in [-0.3, -0.25) is 0 Å². The SMILES string of the molecule is COc1ccc(O)c(OC)c1/C=C/c1cc(C)n(C)c(=O)[n+]1C. The minimum Gasteiger partial charge on any atom is -0.504 e. The van der Waals surface area contributed by atoms with Gasteiger partial charge in [-0.1, -0.05) is 0 Å². The van der Waals surface area contributed by atoms with Crippen molar-refractivity contribution >= 4 is 12.2 Å². The van der Waals surface area contributed by atoms with E-state index >= 15 is 0 Å². The highest BCUT2D eigenvalue weighted by Gasteiger charge is 2.14. The van der Waals surface area contributed by atoms with E-state index in [0.717, 1.165) is 11.4 Å². The van der Waals surface area contributed by atoms with Crippen molar-refractivity contribution in [3.63, 3.8) is 0 Å². The van der Waals surface area contributed by atoms with Crippen LogP contribution in [0.3, 0.4) is 0 Å². The molecule has 0 unspecified atom stereocenters. The predicted octanol–water partition coefficient (Wildman–Crippen LogP) is 1.41. The number of ether oxygens (including phenoxy) is 2. The highest BCUT2D eigenvalue weighted by atomic mass is 16.5. The second-order valence-electron chi connectivity index (χ2n) is 5.18. The summed E-state index contributed by atoms with van der Waals surface area (Å²) >= 11 is 0. The number of aromatic hydroxyl groups is 1. The summed E-state index contributed by atoms with van der Waals surface area (Å²) < 4.78 is 13.7. The summed E-state index contributed by atoms with van der Waals surface area (Å²) in [6.45, 7) is 1.87. The molecule has 0 saturated heterocycles. The molecule has 0 aliphatic rings. The average molecular weight is 317 g/mol. The number of aromatic nitrogens is 2. The van der Waals surface area contributed by atoms with Crippen molar-refractivity contribution in [1.29, 1.82) is 0 Å². The van der Waals surface area contributed by atoms with E-state index in [0.29, 0.717) is 17.1 Å². The monoisotopic (exact) mass is 317 g/mol. The summed E-state index contributed by atoms with van der Waals surface area (Å²) in [4.78, 5) is 12.1. The number of aryl methyl sites for hydroxylation is 1. The van der Waals surface area contributed by atoms with E-state index < -0.39 is 0 Å². The number of methoxy groups -OCH3 is 2. The lowest BCUT2D eigenvalue weighted by molar-refractivity contribution is -0.692. The number of rotatable bonds is 4. The molecular weight excluding hydrogens is 296 g/mol. The normalized spacial score (nSPS) is 11.0. The number of benzene rings is 1. The fraction of sp³-hybridized carbons (Fsp3) is 0.294. The van der Waals surface area contributed by atoms with Crippen LogP contribution in [0.5, 0.6) is 17.2 Å². The highest BCUT2D eigenvalue weighted by molar-refractivity contribution is 5.76. The van der Waals surface area contributed by atoms with E-state index in [1.165, 1.54) is 13.2 Å².